The summed E-state index contributed by atoms with van der Waals surface area (Å²) in [5, 5.41) is 0.823. The Morgan fingerprint density at radius 1 is 1.13 bits per heavy atom. The molecule has 2 N–H and O–H groups in total. The molecule has 9 heteroatoms. The van der Waals surface area contributed by atoms with Crippen LogP contribution in [0, 0.1) is 11.7 Å². The lowest BCUT2D eigenvalue weighted by molar-refractivity contribution is -0.122. The number of hydrogen-bond acceptors (Lipinski definition) is 5. The van der Waals surface area contributed by atoms with Crippen LogP contribution >= 0.6 is 11.6 Å². The SMILES string of the molecule is NC(=O)C1CCN(c2c(S(=O)(=O)c3ccc(Cl)cc3)cnc3ccc(F)cc23)CC1. The number of amides is 1. The third-order valence-corrected chi connectivity index (χ3v) is 7.42. The van der Waals surface area contributed by atoms with Crippen LogP contribution in [-0.4, -0.2) is 32.4 Å². The third-order valence-electron chi connectivity index (χ3n) is 5.40. The third kappa shape index (κ3) is 3.73. The normalized spacial score (nSPS) is 15.5. The van der Waals surface area contributed by atoms with Gasteiger partial charge in [0, 0.05) is 35.6 Å². The van der Waals surface area contributed by atoms with Gasteiger partial charge in [-0.05, 0) is 55.3 Å². The average Bonchev–Trinajstić information content (AvgIpc) is 2.73. The molecule has 0 atom stereocenters. The van der Waals surface area contributed by atoms with Crippen LogP contribution in [0.25, 0.3) is 10.9 Å². The summed E-state index contributed by atoms with van der Waals surface area (Å²) in [6.45, 7) is 0.846. The Kier molecular flexibility index (Phi) is 5.38. The number of nitrogens with two attached hydrogens (primary N) is 1. The minimum Gasteiger partial charge on any atom is -0.370 e. The van der Waals surface area contributed by atoms with E-state index in [-0.39, 0.29) is 21.6 Å². The Labute approximate surface area is 178 Å². The van der Waals surface area contributed by atoms with Crippen molar-refractivity contribution in [2.75, 3.05) is 18.0 Å². The summed E-state index contributed by atoms with van der Waals surface area (Å²) in [4.78, 5) is 17.7. The number of benzene rings is 2. The molecular weight excluding hydrogens is 429 g/mol. The van der Waals surface area contributed by atoms with E-state index in [2.05, 4.69) is 4.98 Å². The molecule has 1 saturated heterocycles. The zero-order chi connectivity index (χ0) is 21.5. The van der Waals surface area contributed by atoms with Crippen LogP contribution in [0.4, 0.5) is 10.1 Å². The molecule has 0 unspecified atom stereocenters. The van der Waals surface area contributed by atoms with Gasteiger partial charge >= 0.3 is 0 Å². The minimum atomic E-state index is -3.95. The number of pyridine rings is 1. The van der Waals surface area contributed by atoms with Crippen LogP contribution < -0.4 is 10.6 Å². The van der Waals surface area contributed by atoms with Crippen molar-refractivity contribution in [1.82, 2.24) is 4.98 Å². The first kappa shape index (κ1) is 20.6. The van der Waals surface area contributed by atoms with E-state index in [1.807, 2.05) is 4.90 Å². The Morgan fingerprint density at radius 2 is 1.80 bits per heavy atom. The fourth-order valence-electron chi connectivity index (χ4n) is 3.78. The summed E-state index contributed by atoms with van der Waals surface area (Å²) >= 11 is 5.90. The Balaban J connectivity index is 1.89. The molecule has 0 radical (unpaired) electrons. The molecule has 0 spiro atoms. The highest BCUT2D eigenvalue weighted by molar-refractivity contribution is 7.91. The molecule has 0 saturated carbocycles. The maximum atomic E-state index is 14.1. The first-order valence-corrected chi connectivity index (χ1v) is 11.3. The zero-order valence-electron chi connectivity index (χ0n) is 15.9. The van der Waals surface area contributed by atoms with Gasteiger partial charge in [-0.15, -0.1) is 0 Å². The smallest absolute Gasteiger partial charge is 0.220 e. The van der Waals surface area contributed by atoms with Crippen molar-refractivity contribution >= 4 is 43.9 Å². The number of aromatic nitrogens is 1. The van der Waals surface area contributed by atoms with Gasteiger partial charge in [0.2, 0.25) is 15.7 Å². The van der Waals surface area contributed by atoms with Crippen molar-refractivity contribution in [3.63, 3.8) is 0 Å². The number of anilines is 1. The van der Waals surface area contributed by atoms with E-state index in [9.17, 15) is 17.6 Å². The lowest BCUT2D eigenvalue weighted by atomic mass is 9.95. The molecule has 6 nitrogen and oxygen atoms in total. The van der Waals surface area contributed by atoms with Gasteiger partial charge in [-0.3, -0.25) is 9.78 Å². The minimum absolute atomic E-state index is 0.0135. The van der Waals surface area contributed by atoms with E-state index in [0.29, 0.717) is 47.5 Å². The topological polar surface area (TPSA) is 93.4 Å². The second kappa shape index (κ2) is 7.85. The highest BCUT2D eigenvalue weighted by atomic mass is 35.5. The molecule has 1 fully saturated rings. The Hall–Kier alpha value is -2.71. The lowest BCUT2D eigenvalue weighted by Gasteiger charge is -2.34. The van der Waals surface area contributed by atoms with Crippen LogP contribution in [0.5, 0.6) is 0 Å². The summed E-state index contributed by atoms with van der Waals surface area (Å²) < 4.78 is 40.9. The second-order valence-electron chi connectivity index (χ2n) is 7.25. The molecule has 2 heterocycles. The monoisotopic (exact) mass is 447 g/mol. The second-order valence-corrected chi connectivity index (χ2v) is 9.61. The summed E-state index contributed by atoms with van der Waals surface area (Å²) in [7, 11) is -3.95. The van der Waals surface area contributed by atoms with Crippen molar-refractivity contribution in [2.24, 2.45) is 11.7 Å². The lowest BCUT2D eigenvalue weighted by Crippen LogP contribution is -2.39. The van der Waals surface area contributed by atoms with Crippen molar-refractivity contribution in [3.05, 3.63) is 59.5 Å². The zero-order valence-corrected chi connectivity index (χ0v) is 17.5. The van der Waals surface area contributed by atoms with Gasteiger partial charge in [0.05, 0.1) is 16.1 Å². The van der Waals surface area contributed by atoms with Gasteiger partial charge in [0.1, 0.15) is 10.7 Å². The van der Waals surface area contributed by atoms with Gasteiger partial charge < -0.3 is 10.6 Å². The quantitative estimate of drug-likeness (QED) is 0.660. The van der Waals surface area contributed by atoms with Crippen LogP contribution in [0.1, 0.15) is 12.8 Å². The number of rotatable bonds is 4. The standard InChI is InChI=1S/C21H19ClFN3O3S/c22-14-1-4-16(5-2-14)30(28,29)19-12-25-18-6-3-15(23)11-17(18)20(19)26-9-7-13(8-10-26)21(24)27/h1-6,11-13H,7-10H2,(H2,24,27). The molecule has 0 aliphatic carbocycles. The molecular formula is C21H19ClFN3O3S. The van der Waals surface area contributed by atoms with Gasteiger partial charge in [-0.2, -0.15) is 0 Å². The van der Waals surface area contributed by atoms with Gasteiger partial charge in [-0.25, -0.2) is 12.8 Å². The highest BCUT2D eigenvalue weighted by Gasteiger charge is 2.30. The maximum absolute atomic E-state index is 14.1. The van der Waals surface area contributed by atoms with Crippen molar-refractivity contribution in [1.29, 1.82) is 0 Å². The number of sulfone groups is 1. The van der Waals surface area contributed by atoms with Gasteiger partial charge in [0.15, 0.2) is 0 Å². The van der Waals surface area contributed by atoms with Crippen molar-refractivity contribution in [3.8, 4) is 0 Å². The fraction of sp³-hybridized carbons (Fsp3) is 0.238. The van der Waals surface area contributed by atoms with Gasteiger partial charge in [-0.1, -0.05) is 11.6 Å². The fourth-order valence-corrected chi connectivity index (χ4v) is 5.34. The predicted molar refractivity (Wildman–Crippen MR) is 113 cm³/mol. The number of hydrogen-bond donors (Lipinski definition) is 1. The molecule has 2 aromatic carbocycles. The van der Waals surface area contributed by atoms with E-state index in [4.69, 9.17) is 17.3 Å². The van der Waals surface area contributed by atoms with E-state index in [1.54, 1.807) is 0 Å². The number of nitrogens with zero attached hydrogens (tertiary/aromatic N) is 2. The number of halogens is 2. The molecule has 30 heavy (non-hydrogen) atoms. The van der Waals surface area contributed by atoms with Crippen LogP contribution in [0.3, 0.4) is 0 Å². The Bertz CT molecular complexity index is 1220. The number of piperidine rings is 1. The van der Waals surface area contributed by atoms with Crippen LogP contribution in [0.15, 0.2) is 58.5 Å². The maximum Gasteiger partial charge on any atom is 0.220 e. The van der Waals surface area contributed by atoms with E-state index in [1.165, 1.54) is 48.7 Å². The molecule has 1 aliphatic heterocycles. The Morgan fingerprint density at radius 3 is 2.43 bits per heavy atom. The molecule has 1 amide bonds. The van der Waals surface area contributed by atoms with Crippen LogP contribution in [-0.2, 0) is 14.6 Å². The number of primary amides is 1. The molecule has 4 rings (SSSR count). The van der Waals surface area contributed by atoms with Crippen LogP contribution in [0.2, 0.25) is 5.02 Å². The van der Waals surface area contributed by atoms with E-state index in [0.717, 1.165) is 0 Å². The number of carbonyl (C=O) groups is 1. The predicted octanol–water partition coefficient (Wildman–Crippen LogP) is 3.56. The molecule has 0 bridgehead atoms. The summed E-state index contributed by atoms with van der Waals surface area (Å²) in [5.74, 6) is -1.12. The average molecular weight is 448 g/mol. The van der Waals surface area contributed by atoms with Crippen molar-refractivity contribution in [2.45, 2.75) is 22.6 Å². The highest BCUT2D eigenvalue weighted by Crippen LogP contribution is 2.38. The first-order chi connectivity index (χ1) is 14.3. The van der Waals surface area contributed by atoms with E-state index < -0.39 is 15.7 Å². The largest absolute Gasteiger partial charge is 0.370 e. The molecule has 3 aromatic rings. The molecule has 156 valence electrons. The summed E-state index contributed by atoms with van der Waals surface area (Å²) in [5.41, 5.74) is 6.30. The number of fused-ring (bicyclic) bond motifs is 1. The van der Waals surface area contributed by atoms with E-state index >= 15 is 0 Å². The molecule has 1 aliphatic rings. The molecule has 1 aromatic heterocycles. The van der Waals surface area contributed by atoms with Gasteiger partial charge in [0.25, 0.3) is 0 Å². The van der Waals surface area contributed by atoms with Crippen molar-refractivity contribution < 1.29 is 17.6 Å². The first-order valence-electron chi connectivity index (χ1n) is 9.40. The summed E-state index contributed by atoms with van der Waals surface area (Å²) in [6.07, 6.45) is 2.30. The number of carbonyl (C=O) groups excluding carboxylic acids is 1. The summed E-state index contributed by atoms with van der Waals surface area (Å²) in [6, 6.07) is 9.95.